The van der Waals surface area contributed by atoms with Gasteiger partial charge in [0, 0.05) is 18.6 Å². The van der Waals surface area contributed by atoms with E-state index in [1.807, 2.05) is 0 Å². The molecule has 0 aliphatic rings. The Morgan fingerprint density at radius 1 is 0.963 bits per heavy atom. The van der Waals surface area contributed by atoms with E-state index in [0.717, 1.165) is 12.1 Å². The molecule has 2 nitrogen and oxygen atoms in total. The van der Waals surface area contributed by atoms with Crippen molar-refractivity contribution in [3.63, 3.8) is 0 Å². The summed E-state index contributed by atoms with van der Waals surface area (Å²) in [6.07, 6.45) is -2.51. The minimum atomic E-state index is -4.36. The van der Waals surface area contributed by atoms with E-state index in [2.05, 4.69) is 0 Å². The molecular formula is C18H13Cl4F3O2. The highest BCUT2D eigenvalue weighted by Gasteiger charge is 2.29. The van der Waals surface area contributed by atoms with Gasteiger partial charge in [0.2, 0.25) is 0 Å². The molecule has 0 spiro atoms. The zero-order chi connectivity index (χ0) is 20.0. The van der Waals surface area contributed by atoms with Crippen LogP contribution in [0, 0.1) is 0 Å². The van der Waals surface area contributed by atoms with Crippen molar-refractivity contribution >= 4 is 46.4 Å². The first kappa shape index (κ1) is 22.0. The van der Waals surface area contributed by atoms with Gasteiger partial charge in [-0.2, -0.15) is 13.2 Å². The normalized spacial score (nSPS) is 11.2. The smallest absolute Gasteiger partial charge is 0.416 e. The van der Waals surface area contributed by atoms with Gasteiger partial charge in [-0.3, -0.25) is 0 Å². The Morgan fingerprint density at radius 2 is 1.56 bits per heavy atom. The quantitative estimate of drug-likeness (QED) is 0.431. The third kappa shape index (κ3) is 7.00. The molecule has 0 amide bonds. The largest absolute Gasteiger partial charge is 0.490 e. The Morgan fingerprint density at radius 3 is 2.07 bits per heavy atom. The minimum absolute atomic E-state index is 0.0791. The van der Waals surface area contributed by atoms with Crippen LogP contribution in [0.25, 0.3) is 0 Å². The molecule has 0 bridgehead atoms. The highest BCUT2D eigenvalue weighted by molar-refractivity contribution is 6.55. The topological polar surface area (TPSA) is 18.5 Å². The fourth-order valence-electron chi connectivity index (χ4n) is 2.09. The van der Waals surface area contributed by atoms with E-state index < -0.39 is 11.7 Å². The van der Waals surface area contributed by atoms with Crippen LogP contribution in [0.15, 0.2) is 47.0 Å². The second-order valence-corrected chi connectivity index (χ2v) is 7.14. The second kappa shape index (κ2) is 9.78. The summed E-state index contributed by atoms with van der Waals surface area (Å²) in [6, 6.07) is 7.92. The van der Waals surface area contributed by atoms with Gasteiger partial charge in [0.15, 0.2) is 5.75 Å². The summed E-state index contributed by atoms with van der Waals surface area (Å²) < 4.78 is 48.7. The number of hydrogen-bond donors (Lipinski definition) is 0. The van der Waals surface area contributed by atoms with Gasteiger partial charge in [0.05, 0.1) is 22.2 Å². The molecule has 0 fully saturated rings. The number of rotatable bonds is 7. The minimum Gasteiger partial charge on any atom is -0.490 e. The van der Waals surface area contributed by atoms with Gasteiger partial charge in [-0.1, -0.05) is 58.5 Å². The Labute approximate surface area is 174 Å². The van der Waals surface area contributed by atoms with Crippen molar-refractivity contribution < 1.29 is 22.6 Å². The van der Waals surface area contributed by atoms with E-state index in [1.165, 1.54) is 30.3 Å². The first-order valence-corrected chi connectivity index (χ1v) is 9.10. The zero-order valence-corrected chi connectivity index (χ0v) is 16.6. The van der Waals surface area contributed by atoms with Gasteiger partial charge < -0.3 is 9.47 Å². The van der Waals surface area contributed by atoms with Crippen molar-refractivity contribution in [2.75, 3.05) is 13.2 Å². The lowest BCUT2D eigenvalue weighted by atomic mass is 10.1. The summed E-state index contributed by atoms with van der Waals surface area (Å²) in [5.74, 6) is 0.675. The third-order valence-electron chi connectivity index (χ3n) is 3.38. The molecule has 146 valence electrons. The van der Waals surface area contributed by atoms with Gasteiger partial charge in [-0.15, -0.1) is 0 Å². The summed E-state index contributed by atoms with van der Waals surface area (Å²) in [5, 5.41) is 0.483. The fraction of sp³-hybridized carbons (Fsp3) is 0.222. The van der Waals surface area contributed by atoms with Crippen molar-refractivity contribution in [1.82, 2.24) is 0 Å². The first-order chi connectivity index (χ1) is 12.7. The Balaban J connectivity index is 1.94. The molecule has 0 atom stereocenters. The standard InChI is InChI=1S/C18H13Cl4F3O2/c19-14-9-13(26-8-6-16(21)22)10-15(20)17(14)27-7-5-11-1-3-12(4-2-11)18(23,24)25/h1-4,6,9-10H,5,7-8H2. The van der Waals surface area contributed by atoms with Gasteiger partial charge in [0.1, 0.15) is 16.8 Å². The van der Waals surface area contributed by atoms with Crippen LogP contribution in [0.3, 0.4) is 0 Å². The molecule has 27 heavy (non-hydrogen) atoms. The van der Waals surface area contributed by atoms with E-state index in [1.54, 1.807) is 0 Å². The molecule has 0 N–H and O–H groups in total. The van der Waals surface area contributed by atoms with Gasteiger partial charge in [0.25, 0.3) is 0 Å². The van der Waals surface area contributed by atoms with E-state index >= 15 is 0 Å². The van der Waals surface area contributed by atoms with Crippen LogP contribution in [-0.4, -0.2) is 13.2 Å². The van der Waals surface area contributed by atoms with E-state index in [9.17, 15) is 13.2 Å². The third-order valence-corrected chi connectivity index (χ3v) is 4.25. The maximum atomic E-state index is 12.6. The van der Waals surface area contributed by atoms with Crippen molar-refractivity contribution in [3.05, 3.63) is 68.1 Å². The SMILES string of the molecule is FC(F)(F)c1ccc(CCOc2c(Cl)cc(OCC=C(Cl)Cl)cc2Cl)cc1. The molecular weight excluding hydrogens is 447 g/mol. The molecule has 2 aromatic carbocycles. The van der Waals surface area contributed by atoms with Crippen molar-refractivity contribution in [2.24, 2.45) is 0 Å². The molecule has 9 heteroatoms. The van der Waals surface area contributed by atoms with E-state index in [4.69, 9.17) is 55.9 Å². The molecule has 2 aromatic rings. The number of alkyl halides is 3. The number of ether oxygens (including phenoxy) is 2. The first-order valence-electron chi connectivity index (χ1n) is 7.59. The van der Waals surface area contributed by atoms with Crippen LogP contribution in [0.4, 0.5) is 13.2 Å². The Bertz CT molecular complexity index is 778. The van der Waals surface area contributed by atoms with E-state index in [-0.39, 0.29) is 33.5 Å². The fourth-order valence-corrected chi connectivity index (χ4v) is 2.79. The van der Waals surface area contributed by atoms with Crippen LogP contribution in [0.5, 0.6) is 11.5 Å². The molecule has 0 unspecified atom stereocenters. The lowest BCUT2D eigenvalue weighted by molar-refractivity contribution is -0.137. The summed E-state index contributed by atoms with van der Waals surface area (Å²) in [5.41, 5.74) is -0.000848. The lowest BCUT2D eigenvalue weighted by Crippen LogP contribution is -2.06. The van der Waals surface area contributed by atoms with Crippen LogP contribution in [0.1, 0.15) is 11.1 Å². The molecule has 0 radical (unpaired) electrons. The molecule has 0 heterocycles. The van der Waals surface area contributed by atoms with Crippen molar-refractivity contribution in [2.45, 2.75) is 12.6 Å². The predicted molar refractivity (Wildman–Crippen MR) is 102 cm³/mol. The maximum Gasteiger partial charge on any atom is 0.416 e. The van der Waals surface area contributed by atoms with Crippen molar-refractivity contribution in [3.8, 4) is 11.5 Å². The predicted octanol–water partition coefficient (Wildman–Crippen LogP) is 7.33. The second-order valence-electron chi connectivity index (χ2n) is 5.31. The molecule has 0 saturated carbocycles. The van der Waals surface area contributed by atoms with Crippen LogP contribution in [0.2, 0.25) is 10.0 Å². The summed E-state index contributed by atoms with van der Waals surface area (Å²) >= 11 is 23.3. The summed E-state index contributed by atoms with van der Waals surface area (Å²) in [7, 11) is 0. The average molecular weight is 460 g/mol. The van der Waals surface area contributed by atoms with Crippen LogP contribution >= 0.6 is 46.4 Å². The van der Waals surface area contributed by atoms with Crippen LogP contribution in [-0.2, 0) is 12.6 Å². The molecule has 0 aliphatic carbocycles. The summed E-state index contributed by atoms with van der Waals surface area (Å²) in [4.78, 5) is 0. The average Bonchev–Trinajstić information content (AvgIpc) is 2.56. The van der Waals surface area contributed by atoms with Crippen molar-refractivity contribution in [1.29, 1.82) is 0 Å². The van der Waals surface area contributed by atoms with Crippen LogP contribution < -0.4 is 9.47 Å². The monoisotopic (exact) mass is 458 g/mol. The van der Waals surface area contributed by atoms with Gasteiger partial charge in [-0.05, 0) is 23.8 Å². The zero-order valence-electron chi connectivity index (χ0n) is 13.6. The lowest BCUT2D eigenvalue weighted by Gasteiger charge is -2.12. The molecule has 0 aromatic heterocycles. The van der Waals surface area contributed by atoms with E-state index in [0.29, 0.717) is 17.7 Å². The molecule has 0 aliphatic heterocycles. The highest BCUT2D eigenvalue weighted by Crippen LogP contribution is 2.37. The Kier molecular flexibility index (Phi) is 7.98. The maximum absolute atomic E-state index is 12.6. The molecule has 2 rings (SSSR count). The number of hydrogen-bond acceptors (Lipinski definition) is 2. The molecule has 0 saturated heterocycles. The highest BCUT2D eigenvalue weighted by atomic mass is 35.5. The number of benzene rings is 2. The summed E-state index contributed by atoms with van der Waals surface area (Å²) in [6.45, 7) is 0.332. The van der Waals surface area contributed by atoms with Gasteiger partial charge >= 0.3 is 6.18 Å². The number of halogens is 7. The Hall–Kier alpha value is -1.27. The van der Waals surface area contributed by atoms with Gasteiger partial charge in [-0.25, -0.2) is 0 Å².